The molecule has 2 aliphatic rings. The molecule has 24 heavy (non-hydrogen) atoms. The Morgan fingerprint density at radius 3 is 2.54 bits per heavy atom. The fourth-order valence-electron chi connectivity index (χ4n) is 3.45. The van der Waals surface area contributed by atoms with E-state index in [4.69, 9.17) is 9.47 Å². The zero-order chi connectivity index (χ0) is 16.6. The molecule has 134 valence electrons. The molecule has 0 bridgehead atoms. The maximum absolute atomic E-state index is 10.2. The van der Waals surface area contributed by atoms with Gasteiger partial charge in [0.15, 0.2) is 0 Å². The Labute approximate surface area is 145 Å². The highest BCUT2D eigenvalue weighted by atomic mass is 16.5. The van der Waals surface area contributed by atoms with E-state index in [0.29, 0.717) is 19.3 Å². The summed E-state index contributed by atoms with van der Waals surface area (Å²) in [4.78, 5) is 4.83. The lowest BCUT2D eigenvalue weighted by atomic mass is 10.1. The quantitative estimate of drug-likeness (QED) is 0.821. The van der Waals surface area contributed by atoms with Gasteiger partial charge in [0.25, 0.3) is 0 Å². The summed E-state index contributed by atoms with van der Waals surface area (Å²) in [5.74, 6) is 0.814. The normalized spacial score (nSPS) is 24.6. The number of β-amino-alcohol motifs (C(OH)–C–C–N with tert-alkyl or cyclic N) is 1. The van der Waals surface area contributed by atoms with Crippen LogP contribution in [0.25, 0.3) is 0 Å². The van der Waals surface area contributed by atoms with E-state index in [1.807, 2.05) is 30.3 Å². The highest BCUT2D eigenvalue weighted by molar-refractivity contribution is 5.20. The Hall–Kier alpha value is -1.14. The van der Waals surface area contributed by atoms with E-state index in [1.165, 1.54) is 19.3 Å². The van der Waals surface area contributed by atoms with Crippen molar-refractivity contribution in [2.45, 2.75) is 31.5 Å². The van der Waals surface area contributed by atoms with Crippen LogP contribution < -0.4 is 4.74 Å². The van der Waals surface area contributed by atoms with Crippen molar-refractivity contribution in [1.29, 1.82) is 0 Å². The summed E-state index contributed by atoms with van der Waals surface area (Å²) >= 11 is 0. The lowest BCUT2D eigenvalue weighted by Gasteiger charge is -2.37. The number of para-hydroxylation sites is 1. The number of rotatable bonds is 7. The first-order valence-corrected chi connectivity index (χ1v) is 9.22. The molecule has 2 fully saturated rings. The molecule has 2 saturated heterocycles. The summed E-state index contributed by atoms with van der Waals surface area (Å²) in [6, 6.07) is 9.67. The van der Waals surface area contributed by atoms with Gasteiger partial charge in [-0.25, -0.2) is 0 Å². The molecule has 5 nitrogen and oxygen atoms in total. The minimum Gasteiger partial charge on any atom is -0.491 e. The average molecular weight is 334 g/mol. The SMILES string of the molecule is O[C@@H](COc1ccccc1)CN1CCN(C[C@@H]2CCCCO2)CC1. The Morgan fingerprint density at radius 2 is 1.83 bits per heavy atom. The summed E-state index contributed by atoms with van der Waals surface area (Å²) < 4.78 is 11.5. The van der Waals surface area contributed by atoms with Gasteiger partial charge in [0.05, 0.1) is 6.10 Å². The predicted octanol–water partition coefficient (Wildman–Crippen LogP) is 1.61. The van der Waals surface area contributed by atoms with Crippen LogP contribution in [0.4, 0.5) is 0 Å². The van der Waals surface area contributed by atoms with Crippen molar-refractivity contribution in [2.24, 2.45) is 0 Å². The molecule has 0 spiro atoms. The van der Waals surface area contributed by atoms with Crippen molar-refractivity contribution in [2.75, 3.05) is 52.5 Å². The molecular weight excluding hydrogens is 304 g/mol. The Kier molecular flexibility index (Phi) is 6.90. The fourth-order valence-corrected chi connectivity index (χ4v) is 3.45. The molecule has 0 amide bonds. The molecule has 2 heterocycles. The van der Waals surface area contributed by atoms with E-state index < -0.39 is 6.10 Å². The number of aliphatic hydroxyl groups is 1. The number of piperazine rings is 1. The lowest BCUT2D eigenvalue weighted by Crippen LogP contribution is -2.51. The van der Waals surface area contributed by atoms with E-state index in [9.17, 15) is 5.11 Å². The summed E-state index contributed by atoms with van der Waals surface area (Å²) in [5.41, 5.74) is 0. The molecule has 0 saturated carbocycles. The topological polar surface area (TPSA) is 45.2 Å². The fraction of sp³-hybridized carbons (Fsp3) is 0.684. The van der Waals surface area contributed by atoms with Crippen LogP contribution >= 0.6 is 0 Å². The van der Waals surface area contributed by atoms with Gasteiger partial charge >= 0.3 is 0 Å². The highest BCUT2D eigenvalue weighted by Crippen LogP contribution is 2.15. The van der Waals surface area contributed by atoms with E-state index in [2.05, 4.69) is 9.80 Å². The minimum atomic E-state index is -0.446. The molecule has 1 aromatic carbocycles. The number of benzene rings is 1. The highest BCUT2D eigenvalue weighted by Gasteiger charge is 2.23. The number of nitrogens with zero attached hydrogens (tertiary/aromatic N) is 2. The molecule has 3 rings (SSSR count). The van der Waals surface area contributed by atoms with Crippen molar-refractivity contribution in [3.8, 4) is 5.75 Å². The first kappa shape index (κ1) is 17.7. The van der Waals surface area contributed by atoms with Gasteiger partial charge in [-0.1, -0.05) is 18.2 Å². The number of hydrogen-bond acceptors (Lipinski definition) is 5. The maximum atomic E-state index is 10.2. The van der Waals surface area contributed by atoms with Crippen LogP contribution in [0.5, 0.6) is 5.75 Å². The van der Waals surface area contributed by atoms with E-state index in [-0.39, 0.29) is 0 Å². The summed E-state index contributed by atoms with van der Waals surface area (Å²) in [7, 11) is 0. The van der Waals surface area contributed by atoms with Crippen LogP contribution in [0, 0.1) is 0 Å². The first-order valence-electron chi connectivity index (χ1n) is 9.22. The second-order valence-corrected chi connectivity index (χ2v) is 6.87. The molecule has 0 aromatic heterocycles. The maximum Gasteiger partial charge on any atom is 0.119 e. The van der Waals surface area contributed by atoms with Gasteiger partial charge in [-0.15, -0.1) is 0 Å². The van der Waals surface area contributed by atoms with Gasteiger partial charge in [0, 0.05) is 45.9 Å². The summed E-state index contributed by atoms with van der Waals surface area (Å²) in [6.45, 7) is 7.16. The van der Waals surface area contributed by atoms with Crippen molar-refractivity contribution in [3.05, 3.63) is 30.3 Å². The van der Waals surface area contributed by atoms with Crippen LogP contribution in [-0.2, 0) is 4.74 Å². The third kappa shape index (κ3) is 5.74. The van der Waals surface area contributed by atoms with Crippen LogP contribution in [-0.4, -0.2) is 79.6 Å². The minimum absolute atomic E-state index is 0.347. The molecule has 2 atom stereocenters. The second kappa shape index (κ2) is 9.37. The third-order valence-electron chi connectivity index (χ3n) is 4.86. The number of hydrogen-bond donors (Lipinski definition) is 1. The van der Waals surface area contributed by atoms with Crippen molar-refractivity contribution < 1.29 is 14.6 Å². The van der Waals surface area contributed by atoms with Gasteiger partial charge in [-0.2, -0.15) is 0 Å². The van der Waals surface area contributed by atoms with Gasteiger partial charge in [-0.3, -0.25) is 9.80 Å². The van der Waals surface area contributed by atoms with E-state index in [1.54, 1.807) is 0 Å². The van der Waals surface area contributed by atoms with E-state index in [0.717, 1.165) is 45.1 Å². The molecule has 1 N–H and O–H groups in total. The van der Waals surface area contributed by atoms with Crippen molar-refractivity contribution in [1.82, 2.24) is 9.80 Å². The van der Waals surface area contributed by atoms with Crippen LogP contribution in [0.1, 0.15) is 19.3 Å². The number of aliphatic hydroxyl groups excluding tert-OH is 1. The first-order chi connectivity index (χ1) is 11.8. The Morgan fingerprint density at radius 1 is 1.08 bits per heavy atom. The van der Waals surface area contributed by atoms with Crippen molar-refractivity contribution in [3.63, 3.8) is 0 Å². The van der Waals surface area contributed by atoms with Gasteiger partial charge < -0.3 is 14.6 Å². The zero-order valence-electron chi connectivity index (χ0n) is 14.5. The average Bonchev–Trinajstić information content (AvgIpc) is 2.63. The Balaban J connectivity index is 1.31. The summed E-state index contributed by atoms with van der Waals surface area (Å²) in [6.07, 6.45) is 3.70. The second-order valence-electron chi connectivity index (χ2n) is 6.87. The molecule has 0 radical (unpaired) electrons. The van der Waals surface area contributed by atoms with E-state index >= 15 is 0 Å². The largest absolute Gasteiger partial charge is 0.491 e. The van der Waals surface area contributed by atoms with Gasteiger partial charge in [-0.05, 0) is 31.4 Å². The van der Waals surface area contributed by atoms with Crippen LogP contribution in [0.15, 0.2) is 30.3 Å². The molecule has 1 aromatic rings. The molecule has 0 unspecified atom stereocenters. The van der Waals surface area contributed by atoms with Crippen LogP contribution in [0.3, 0.4) is 0 Å². The summed E-state index contributed by atoms with van der Waals surface area (Å²) in [5, 5.41) is 10.2. The van der Waals surface area contributed by atoms with Gasteiger partial charge in [0.1, 0.15) is 18.5 Å². The monoisotopic (exact) mass is 334 g/mol. The predicted molar refractivity (Wildman–Crippen MR) is 94.4 cm³/mol. The van der Waals surface area contributed by atoms with Crippen molar-refractivity contribution >= 4 is 0 Å². The number of ether oxygens (including phenoxy) is 2. The molecule has 0 aliphatic carbocycles. The molecule has 2 aliphatic heterocycles. The lowest BCUT2D eigenvalue weighted by molar-refractivity contribution is -0.0182. The molecule has 5 heteroatoms. The molecular formula is C19H30N2O3. The smallest absolute Gasteiger partial charge is 0.119 e. The standard InChI is InChI=1S/C19H30N2O3/c22-17(16-24-18-6-2-1-3-7-18)14-20-9-11-21(12-10-20)15-19-8-4-5-13-23-19/h1-3,6-7,17,19,22H,4-5,8-16H2/t17-,19+/m1/s1. The third-order valence-corrected chi connectivity index (χ3v) is 4.86. The van der Waals surface area contributed by atoms with Gasteiger partial charge in [0.2, 0.25) is 0 Å². The van der Waals surface area contributed by atoms with Crippen LogP contribution in [0.2, 0.25) is 0 Å². The zero-order valence-corrected chi connectivity index (χ0v) is 14.5. The Bertz CT molecular complexity index is 457.